The van der Waals surface area contributed by atoms with Gasteiger partial charge in [0.25, 0.3) is 0 Å². The van der Waals surface area contributed by atoms with Gasteiger partial charge in [0.15, 0.2) is 0 Å². The van der Waals surface area contributed by atoms with E-state index in [2.05, 4.69) is 17.2 Å². The van der Waals surface area contributed by atoms with Crippen molar-refractivity contribution in [1.29, 1.82) is 0 Å². The summed E-state index contributed by atoms with van der Waals surface area (Å²) >= 11 is 11.1. The summed E-state index contributed by atoms with van der Waals surface area (Å²) in [6, 6.07) is 9.68. The van der Waals surface area contributed by atoms with Crippen molar-refractivity contribution >= 4 is 34.5 Å². The van der Waals surface area contributed by atoms with Gasteiger partial charge < -0.3 is 11.1 Å². The topological polar surface area (TPSA) is 50.9 Å². The van der Waals surface area contributed by atoms with Gasteiger partial charge in [-0.1, -0.05) is 23.8 Å². The molecule has 0 saturated heterocycles. The van der Waals surface area contributed by atoms with E-state index in [9.17, 15) is 0 Å². The van der Waals surface area contributed by atoms with Crippen LogP contribution in [0.4, 0.5) is 5.69 Å². The van der Waals surface area contributed by atoms with Crippen LogP contribution >= 0.6 is 23.8 Å². The minimum absolute atomic E-state index is 0.162. The zero-order valence-corrected chi connectivity index (χ0v) is 12.0. The van der Waals surface area contributed by atoms with E-state index in [1.165, 1.54) is 0 Å². The van der Waals surface area contributed by atoms with Crippen molar-refractivity contribution in [3.8, 4) is 0 Å². The van der Waals surface area contributed by atoms with Gasteiger partial charge in [0.05, 0.1) is 5.02 Å². The molecule has 1 aromatic heterocycles. The molecule has 19 heavy (non-hydrogen) atoms. The second-order valence-corrected chi connectivity index (χ2v) is 5.05. The summed E-state index contributed by atoms with van der Waals surface area (Å²) in [5.74, 6) is 0. The summed E-state index contributed by atoms with van der Waals surface area (Å²) < 4.78 is 0. The molecule has 3 nitrogen and oxygen atoms in total. The number of aromatic nitrogens is 1. The standard InChI is InChI=1S/C14H14ClN3S/c1-9(10-4-6-17-7-5-10)18-11-2-3-12(14(16)19)13(15)8-11/h2-9,18H,1H3,(H2,16,19). The van der Waals surface area contributed by atoms with Crippen LogP contribution in [0.5, 0.6) is 0 Å². The molecule has 1 heterocycles. The molecule has 1 aromatic carbocycles. The number of halogens is 1. The molecule has 1 unspecified atom stereocenters. The van der Waals surface area contributed by atoms with E-state index in [4.69, 9.17) is 29.6 Å². The molecule has 0 fully saturated rings. The lowest BCUT2D eigenvalue weighted by atomic mass is 10.1. The Kier molecular flexibility index (Phi) is 4.35. The van der Waals surface area contributed by atoms with E-state index in [1.54, 1.807) is 12.4 Å². The van der Waals surface area contributed by atoms with Gasteiger partial charge in [-0.25, -0.2) is 0 Å². The van der Waals surface area contributed by atoms with Gasteiger partial charge >= 0.3 is 0 Å². The summed E-state index contributed by atoms with van der Waals surface area (Å²) in [6.07, 6.45) is 3.55. The molecule has 0 aliphatic heterocycles. The van der Waals surface area contributed by atoms with Crippen molar-refractivity contribution in [2.75, 3.05) is 5.32 Å². The summed E-state index contributed by atoms with van der Waals surface area (Å²) in [6.45, 7) is 2.07. The lowest BCUT2D eigenvalue weighted by Crippen LogP contribution is -2.11. The van der Waals surface area contributed by atoms with Gasteiger partial charge in [-0.3, -0.25) is 4.98 Å². The summed E-state index contributed by atoms with van der Waals surface area (Å²) in [4.78, 5) is 4.31. The number of rotatable bonds is 4. The molecule has 0 spiro atoms. The average Bonchev–Trinajstić information content (AvgIpc) is 2.39. The lowest BCUT2D eigenvalue weighted by molar-refractivity contribution is 0.881. The van der Waals surface area contributed by atoms with Crippen molar-refractivity contribution in [1.82, 2.24) is 4.98 Å². The smallest absolute Gasteiger partial charge is 0.105 e. The van der Waals surface area contributed by atoms with E-state index < -0.39 is 0 Å². The highest BCUT2D eigenvalue weighted by molar-refractivity contribution is 7.80. The fourth-order valence-electron chi connectivity index (χ4n) is 1.79. The molecule has 98 valence electrons. The Balaban J connectivity index is 2.16. The molecule has 5 heteroatoms. The highest BCUT2D eigenvalue weighted by atomic mass is 35.5. The zero-order valence-electron chi connectivity index (χ0n) is 10.4. The van der Waals surface area contributed by atoms with Crippen LogP contribution in [-0.4, -0.2) is 9.97 Å². The largest absolute Gasteiger partial charge is 0.389 e. The lowest BCUT2D eigenvalue weighted by Gasteiger charge is -2.16. The Morgan fingerprint density at radius 2 is 2.00 bits per heavy atom. The molecule has 3 N–H and O–H groups in total. The van der Waals surface area contributed by atoms with Gasteiger partial charge in [0, 0.05) is 29.7 Å². The molecular weight excluding hydrogens is 278 g/mol. The number of nitrogens with one attached hydrogen (secondary N) is 1. The molecule has 0 saturated carbocycles. The Hall–Kier alpha value is -1.65. The Morgan fingerprint density at radius 3 is 2.58 bits per heavy atom. The minimum Gasteiger partial charge on any atom is -0.389 e. The molecule has 0 amide bonds. The summed E-state index contributed by atoms with van der Waals surface area (Å²) in [7, 11) is 0. The number of hydrogen-bond acceptors (Lipinski definition) is 3. The van der Waals surface area contributed by atoms with Gasteiger partial charge in [0.2, 0.25) is 0 Å². The fourth-order valence-corrected chi connectivity index (χ4v) is 2.31. The molecular formula is C14H14ClN3S. The number of nitrogens with two attached hydrogens (primary N) is 1. The predicted molar refractivity (Wildman–Crippen MR) is 83.6 cm³/mol. The molecule has 2 rings (SSSR count). The fraction of sp³-hybridized carbons (Fsp3) is 0.143. The van der Waals surface area contributed by atoms with Gasteiger partial charge in [0.1, 0.15) is 4.99 Å². The third kappa shape index (κ3) is 3.43. The van der Waals surface area contributed by atoms with E-state index in [0.717, 1.165) is 11.3 Å². The third-order valence-electron chi connectivity index (χ3n) is 2.82. The van der Waals surface area contributed by atoms with Crippen LogP contribution in [0.15, 0.2) is 42.7 Å². The number of nitrogens with zero attached hydrogens (tertiary/aromatic N) is 1. The van der Waals surface area contributed by atoms with Crippen molar-refractivity contribution in [3.05, 3.63) is 58.9 Å². The first-order valence-electron chi connectivity index (χ1n) is 5.83. The average molecular weight is 292 g/mol. The van der Waals surface area contributed by atoms with Crippen LogP contribution < -0.4 is 11.1 Å². The molecule has 0 aliphatic rings. The molecule has 1 atom stereocenters. The second-order valence-electron chi connectivity index (χ2n) is 4.21. The number of hydrogen-bond donors (Lipinski definition) is 2. The normalized spacial score (nSPS) is 11.9. The van der Waals surface area contributed by atoms with Gasteiger partial charge in [-0.05, 0) is 42.8 Å². The van der Waals surface area contributed by atoms with Crippen LogP contribution in [-0.2, 0) is 0 Å². The third-order valence-corrected chi connectivity index (χ3v) is 3.36. The minimum atomic E-state index is 0.162. The van der Waals surface area contributed by atoms with Crippen LogP contribution in [0.25, 0.3) is 0 Å². The molecule has 0 radical (unpaired) electrons. The SMILES string of the molecule is CC(Nc1ccc(C(N)=S)c(Cl)c1)c1ccncc1. The Bertz CT molecular complexity index is 586. The zero-order chi connectivity index (χ0) is 13.8. The van der Waals surface area contributed by atoms with Crippen LogP contribution in [0, 0.1) is 0 Å². The molecule has 0 aliphatic carbocycles. The predicted octanol–water partition coefficient (Wildman–Crippen LogP) is 3.54. The maximum absolute atomic E-state index is 6.14. The van der Waals surface area contributed by atoms with Crippen molar-refractivity contribution in [2.45, 2.75) is 13.0 Å². The van der Waals surface area contributed by atoms with E-state index in [-0.39, 0.29) is 6.04 Å². The van der Waals surface area contributed by atoms with Crippen LogP contribution in [0.1, 0.15) is 24.1 Å². The quantitative estimate of drug-likeness (QED) is 0.846. The highest BCUT2D eigenvalue weighted by Crippen LogP contribution is 2.24. The van der Waals surface area contributed by atoms with E-state index >= 15 is 0 Å². The van der Waals surface area contributed by atoms with E-state index in [1.807, 2.05) is 30.3 Å². The first-order chi connectivity index (χ1) is 9.08. The van der Waals surface area contributed by atoms with Crippen molar-refractivity contribution in [3.63, 3.8) is 0 Å². The maximum atomic E-state index is 6.14. The van der Waals surface area contributed by atoms with Gasteiger partial charge in [-0.15, -0.1) is 0 Å². The number of benzene rings is 1. The highest BCUT2D eigenvalue weighted by Gasteiger charge is 2.08. The first kappa shape index (κ1) is 13.8. The van der Waals surface area contributed by atoms with Crippen molar-refractivity contribution in [2.24, 2.45) is 5.73 Å². The summed E-state index contributed by atoms with van der Waals surface area (Å²) in [5, 5.41) is 3.92. The number of anilines is 1. The Morgan fingerprint density at radius 1 is 1.32 bits per heavy atom. The summed E-state index contributed by atoms with van der Waals surface area (Å²) in [5.41, 5.74) is 8.35. The van der Waals surface area contributed by atoms with Crippen LogP contribution in [0.2, 0.25) is 5.02 Å². The molecule has 0 bridgehead atoms. The first-order valence-corrected chi connectivity index (χ1v) is 6.62. The monoisotopic (exact) mass is 291 g/mol. The molecule has 2 aromatic rings. The van der Waals surface area contributed by atoms with Crippen molar-refractivity contribution < 1.29 is 0 Å². The maximum Gasteiger partial charge on any atom is 0.105 e. The van der Waals surface area contributed by atoms with Crippen LogP contribution in [0.3, 0.4) is 0 Å². The number of thiocarbonyl (C=S) groups is 1. The Labute approximate surface area is 122 Å². The second kappa shape index (κ2) is 5.99. The number of pyridine rings is 1. The van der Waals surface area contributed by atoms with Gasteiger partial charge in [-0.2, -0.15) is 0 Å². The van der Waals surface area contributed by atoms with E-state index in [0.29, 0.717) is 15.6 Å².